The highest BCUT2D eigenvalue weighted by Gasteiger charge is 2.63. The zero-order valence-corrected chi connectivity index (χ0v) is 15.2. The van der Waals surface area contributed by atoms with Gasteiger partial charge in [0, 0.05) is 25.3 Å². The van der Waals surface area contributed by atoms with Gasteiger partial charge in [-0.1, -0.05) is 24.3 Å². The maximum atomic E-state index is 12.7. The van der Waals surface area contributed by atoms with Crippen molar-refractivity contribution < 1.29 is 38.1 Å². The molecule has 0 saturated heterocycles. The van der Waals surface area contributed by atoms with E-state index in [1.54, 1.807) is 24.3 Å². The second kappa shape index (κ2) is 6.73. The summed E-state index contributed by atoms with van der Waals surface area (Å²) in [5.41, 5.74) is -1.44. The summed E-state index contributed by atoms with van der Waals surface area (Å²) in [5, 5.41) is 0. The number of carbonyl (C=O) groups is 3. The number of rotatable bonds is 4. The van der Waals surface area contributed by atoms with Crippen LogP contribution in [0.2, 0.25) is 0 Å². The van der Waals surface area contributed by atoms with E-state index in [0.717, 1.165) is 7.11 Å². The highest BCUT2D eigenvalue weighted by Crippen LogP contribution is 2.53. The van der Waals surface area contributed by atoms with E-state index < -0.39 is 23.5 Å². The molecule has 0 bridgehead atoms. The Morgan fingerprint density at radius 2 is 1.52 bits per heavy atom. The SMILES string of the molecule is COC(=O)C1=C(C(=O)OC)C2(C=CC(=O)c3ccccc32)OC1(OC)OC. The average molecular weight is 374 g/mol. The van der Waals surface area contributed by atoms with E-state index >= 15 is 0 Å². The van der Waals surface area contributed by atoms with Crippen molar-refractivity contribution in [3.63, 3.8) is 0 Å². The van der Waals surface area contributed by atoms with E-state index in [1.807, 2.05) is 0 Å². The quantitative estimate of drug-likeness (QED) is 0.574. The van der Waals surface area contributed by atoms with Crippen LogP contribution in [0.1, 0.15) is 15.9 Å². The molecule has 1 aromatic rings. The molecule has 0 amide bonds. The Bertz CT molecular complexity index is 877. The molecule has 27 heavy (non-hydrogen) atoms. The van der Waals surface area contributed by atoms with Crippen LogP contribution in [-0.2, 0) is 38.9 Å². The molecule has 3 rings (SSSR count). The number of esters is 2. The first kappa shape index (κ1) is 19.0. The molecule has 1 heterocycles. The van der Waals surface area contributed by atoms with E-state index in [1.165, 1.54) is 33.5 Å². The first-order valence-electron chi connectivity index (χ1n) is 7.96. The summed E-state index contributed by atoms with van der Waals surface area (Å²) in [5.74, 6) is -4.04. The summed E-state index contributed by atoms with van der Waals surface area (Å²) in [7, 11) is 4.83. The van der Waals surface area contributed by atoms with Crippen LogP contribution in [0.5, 0.6) is 0 Å². The molecule has 1 aromatic carbocycles. The normalized spacial score (nSPS) is 22.7. The lowest BCUT2D eigenvalue weighted by Crippen LogP contribution is -2.43. The molecule has 0 N–H and O–H groups in total. The van der Waals surface area contributed by atoms with Gasteiger partial charge in [-0.3, -0.25) is 4.79 Å². The van der Waals surface area contributed by atoms with E-state index in [4.69, 9.17) is 23.7 Å². The summed E-state index contributed by atoms with van der Waals surface area (Å²) in [6.07, 6.45) is 2.65. The fourth-order valence-electron chi connectivity index (χ4n) is 3.41. The molecule has 8 nitrogen and oxygen atoms in total. The van der Waals surface area contributed by atoms with Crippen LogP contribution in [-0.4, -0.2) is 52.1 Å². The van der Waals surface area contributed by atoms with Crippen LogP contribution in [0.15, 0.2) is 47.6 Å². The van der Waals surface area contributed by atoms with Crippen LogP contribution in [0.3, 0.4) is 0 Å². The number of hydrogen-bond donors (Lipinski definition) is 0. The molecule has 1 aliphatic heterocycles. The Morgan fingerprint density at radius 1 is 0.926 bits per heavy atom. The van der Waals surface area contributed by atoms with Gasteiger partial charge in [-0.05, 0) is 12.2 Å². The fourth-order valence-corrected chi connectivity index (χ4v) is 3.41. The fraction of sp³-hybridized carbons (Fsp3) is 0.316. The summed E-state index contributed by atoms with van der Waals surface area (Å²) >= 11 is 0. The van der Waals surface area contributed by atoms with Crippen LogP contribution in [0, 0.1) is 0 Å². The standard InChI is InChI=1S/C19H18O8/c1-23-16(21)14-15(17(22)24-2)19(25-3,26-4)27-18(14)10-9-13(20)11-7-5-6-8-12(11)18/h5-10H,1-4H3. The van der Waals surface area contributed by atoms with Crippen molar-refractivity contribution in [1.82, 2.24) is 0 Å². The monoisotopic (exact) mass is 374 g/mol. The maximum absolute atomic E-state index is 12.7. The third kappa shape index (κ3) is 2.53. The minimum absolute atomic E-state index is 0.184. The van der Waals surface area contributed by atoms with Crippen LogP contribution >= 0.6 is 0 Å². The molecule has 1 spiro atoms. The summed E-state index contributed by atoms with van der Waals surface area (Å²) in [6, 6.07) is 6.58. The number of methoxy groups -OCH3 is 4. The first-order chi connectivity index (χ1) is 12.9. The number of ether oxygens (including phenoxy) is 5. The Balaban J connectivity index is 2.42. The van der Waals surface area contributed by atoms with Crippen molar-refractivity contribution in [2.24, 2.45) is 0 Å². The van der Waals surface area contributed by atoms with Gasteiger partial charge in [0.05, 0.1) is 19.8 Å². The zero-order valence-electron chi connectivity index (χ0n) is 15.2. The summed E-state index contributed by atoms with van der Waals surface area (Å²) in [6.45, 7) is 0. The predicted octanol–water partition coefficient (Wildman–Crippen LogP) is 1.25. The van der Waals surface area contributed by atoms with Crippen molar-refractivity contribution in [2.45, 2.75) is 11.6 Å². The van der Waals surface area contributed by atoms with Crippen LogP contribution < -0.4 is 0 Å². The van der Waals surface area contributed by atoms with E-state index in [9.17, 15) is 14.4 Å². The molecule has 0 saturated carbocycles. The number of hydrogen-bond acceptors (Lipinski definition) is 8. The average Bonchev–Trinajstić information content (AvgIpc) is 3.01. The lowest BCUT2D eigenvalue weighted by atomic mass is 9.78. The van der Waals surface area contributed by atoms with Gasteiger partial charge in [0.1, 0.15) is 5.57 Å². The number of benzene rings is 1. The topological polar surface area (TPSA) is 97.4 Å². The van der Waals surface area contributed by atoms with Crippen LogP contribution in [0.25, 0.3) is 0 Å². The van der Waals surface area contributed by atoms with E-state index in [0.29, 0.717) is 11.1 Å². The van der Waals surface area contributed by atoms with E-state index in [2.05, 4.69) is 0 Å². The third-order valence-corrected chi connectivity index (χ3v) is 4.60. The molecule has 0 radical (unpaired) electrons. The number of allylic oxidation sites excluding steroid dienone is 1. The Kier molecular flexibility index (Phi) is 4.73. The third-order valence-electron chi connectivity index (χ3n) is 4.60. The van der Waals surface area contributed by atoms with Gasteiger partial charge in [0.2, 0.25) is 0 Å². The lowest BCUT2D eigenvalue weighted by Gasteiger charge is -2.35. The molecular formula is C19H18O8. The zero-order chi connectivity index (χ0) is 19.8. The van der Waals surface area contributed by atoms with Crippen molar-refractivity contribution >= 4 is 17.7 Å². The summed E-state index contributed by atoms with van der Waals surface area (Å²) < 4.78 is 26.5. The van der Waals surface area contributed by atoms with Crippen molar-refractivity contribution in [1.29, 1.82) is 0 Å². The minimum atomic E-state index is -2.03. The van der Waals surface area contributed by atoms with Crippen molar-refractivity contribution in [2.75, 3.05) is 28.4 Å². The highest BCUT2D eigenvalue weighted by atomic mass is 16.9. The predicted molar refractivity (Wildman–Crippen MR) is 90.5 cm³/mol. The molecule has 2 aliphatic rings. The minimum Gasteiger partial charge on any atom is -0.466 e. The van der Waals surface area contributed by atoms with Gasteiger partial charge in [-0.2, -0.15) is 0 Å². The lowest BCUT2D eigenvalue weighted by molar-refractivity contribution is -0.349. The van der Waals surface area contributed by atoms with Gasteiger partial charge in [0.15, 0.2) is 11.4 Å². The van der Waals surface area contributed by atoms with Gasteiger partial charge in [-0.25, -0.2) is 9.59 Å². The van der Waals surface area contributed by atoms with Crippen molar-refractivity contribution in [3.8, 4) is 0 Å². The van der Waals surface area contributed by atoms with Gasteiger partial charge < -0.3 is 23.7 Å². The maximum Gasteiger partial charge on any atom is 0.342 e. The van der Waals surface area contributed by atoms with Gasteiger partial charge in [-0.15, -0.1) is 0 Å². The van der Waals surface area contributed by atoms with Crippen molar-refractivity contribution in [3.05, 3.63) is 58.7 Å². The first-order valence-corrected chi connectivity index (χ1v) is 7.96. The molecule has 1 atom stereocenters. The largest absolute Gasteiger partial charge is 0.466 e. The Labute approximate surface area is 155 Å². The Hall–Kier alpha value is -2.81. The van der Waals surface area contributed by atoms with Gasteiger partial charge >= 0.3 is 17.9 Å². The van der Waals surface area contributed by atoms with E-state index in [-0.39, 0.29) is 16.9 Å². The number of fused-ring (bicyclic) bond motifs is 2. The second-order valence-corrected chi connectivity index (χ2v) is 5.78. The molecule has 0 fully saturated rings. The highest BCUT2D eigenvalue weighted by molar-refractivity contribution is 6.10. The number of carbonyl (C=O) groups excluding carboxylic acids is 3. The number of ketones is 1. The molecule has 142 valence electrons. The molecule has 1 unspecified atom stereocenters. The molecular weight excluding hydrogens is 356 g/mol. The van der Waals surface area contributed by atoms with Crippen LogP contribution in [0.4, 0.5) is 0 Å². The molecule has 1 aliphatic carbocycles. The second-order valence-electron chi connectivity index (χ2n) is 5.78. The molecule has 0 aromatic heterocycles. The summed E-state index contributed by atoms with van der Waals surface area (Å²) in [4.78, 5) is 37.6. The molecule has 8 heteroatoms. The van der Waals surface area contributed by atoms with Gasteiger partial charge in [0.25, 0.3) is 0 Å². The Morgan fingerprint density at radius 3 is 2.11 bits per heavy atom. The smallest absolute Gasteiger partial charge is 0.342 e.